The summed E-state index contributed by atoms with van der Waals surface area (Å²) in [5, 5.41) is 31.0. The molecule has 1 aliphatic carbocycles. The number of carbonyl (C=O) groups is 1. The summed E-state index contributed by atoms with van der Waals surface area (Å²) in [6.07, 6.45) is 1.76. The maximum atomic E-state index is 13.0. The first-order valence-electron chi connectivity index (χ1n) is 10.0. The molecule has 0 radical (unpaired) electrons. The van der Waals surface area contributed by atoms with Crippen LogP contribution in [-0.2, 0) is 0 Å². The Kier molecular flexibility index (Phi) is 4.71. The van der Waals surface area contributed by atoms with Crippen LogP contribution in [0.25, 0.3) is 5.76 Å². The number of aliphatic hydroxyl groups is 1. The van der Waals surface area contributed by atoms with Crippen LogP contribution < -0.4 is 0 Å². The average molecular weight is 423 g/mol. The number of para-hydroxylation sites is 1. The van der Waals surface area contributed by atoms with Crippen molar-refractivity contribution in [1.29, 1.82) is 0 Å². The Morgan fingerprint density at radius 2 is 1.53 bits per heavy atom. The number of carbonyl (C=O) groups excluding carboxylic acids is 1. The van der Waals surface area contributed by atoms with E-state index in [1.807, 2.05) is 30.3 Å². The fourth-order valence-electron chi connectivity index (χ4n) is 4.24. The zero-order valence-corrected chi connectivity index (χ0v) is 16.8. The molecule has 32 heavy (non-hydrogen) atoms. The number of aliphatic hydroxyl groups excluding tert-OH is 1. The topological polar surface area (TPSA) is 105 Å². The first kappa shape index (κ1) is 19.6. The molecule has 2 atom stereocenters. The maximum Gasteiger partial charge on any atom is 0.274 e. The van der Waals surface area contributed by atoms with E-state index >= 15 is 0 Å². The van der Waals surface area contributed by atoms with Crippen molar-refractivity contribution in [1.82, 2.24) is 0 Å². The first-order valence-corrected chi connectivity index (χ1v) is 10.0. The summed E-state index contributed by atoms with van der Waals surface area (Å²) in [6.45, 7) is 0. The molecule has 0 unspecified atom stereocenters. The minimum Gasteiger partial charge on any atom is -0.506 e. The molecule has 156 valence electrons. The molecule has 1 heterocycles. The lowest BCUT2D eigenvalue weighted by Crippen LogP contribution is -2.14. The lowest BCUT2D eigenvalue weighted by molar-refractivity contribution is -0.385. The van der Waals surface area contributed by atoms with Crippen LogP contribution in [-0.4, -0.2) is 15.8 Å². The molecule has 1 aliphatic heterocycles. The van der Waals surface area contributed by atoms with E-state index in [0.29, 0.717) is 16.7 Å². The summed E-state index contributed by atoms with van der Waals surface area (Å²) in [7, 11) is 0. The molecule has 7 nitrogen and oxygen atoms in total. The summed E-state index contributed by atoms with van der Waals surface area (Å²) >= 11 is 0. The number of hydrogen-bond acceptors (Lipinski definition) is 6. The normalized spacial score (nSPS) is 19.6. The average Bonchev–Trinajstić information content (AvgIpc) is 3.09. The number of ketones is 1. The third-order valence-electron chi connectivity index (χ3n) is 5.75. The number of nitro benzene ring substituents is 1. The molecule has 3 aromatic rings. The van der Waals surface area contributed by atoms with E-state index in [0.717, 1.165) is 5.56 Å². The first-order chi connectivity index (χ1) is 15.6. The number of nitro groups is 1. The molecule has 0 bridgehead atoms. The van der Waals surface area contributed by atoms with Crippen LogP contribution in [0.2, 0.25) is 0 Å². The van der Waals surface area contributed by atoms with Gasteiger partial charge in [0.1, 0.15) is 11.8 Å². The quantitative estimate of drug-likeness (QED) is 0.414. The standard InChI is InChI=1S/C25H17N3O4/c29-24-16-10-4-5-11-17(16)25(30)22(24)20-14-19(15-8-2-1-3-9-15)23(27-26-20)18-12-6-7-13-21(18)28(31)32/h1-14,19,23,29H/t19-,23-/m0/s1. The molecule has 2 aliphatic rings. The molecule has 7 heteroatoms. The molecule has 0 saturated heterocycles. The van der Waals surface area contributed by atoms with Gasteiger partial charge in [0.2, 0.25) is 0 Å². The molecular formula is C25H17N3O4. The highest BCUT2D eigenvalue weighted by Crippen LogP contribution is 2.45. The molecule has 5 rings (SSSR count). The van der Waals surface area contributed by atoms with Gasteiger partial charge in [-0.1, -0.05) is 66.7 Å². The molecule has 1 N–H and O–H groups in total. The summed E-state index contributed by atoms with van der Waals surface area (Å²) in [5.41, 5.74) is 2.48. The van der Waals surface area contributed by atoms with Crippen molar-refractivity contribution in [3.8, 4) is 0 Å². The number of allylic oxidation sites excluding steroid dienone is 1. The van der Waals surface area contributed by atoms with Crippen LogP contribution in [0.3, 0.4) is 0 Å². The highest BCUT2D eigenvalue weighted by Gasteiger charge is 2.37. The summed E-state index contributed by atoms with van der Waals surface area (Å²) < 4.78 is 0. The van der Waals surface area contributed by atoms with Gasteiger partial charge in [0.25, 0.3) is 5.69 Å². The van der Waals surface area contributed by atoms with Crippen molar-refractivity contribution in [3.63, 3.8) is 0 Å². The third kappa shape index (κ3) is 3.11. The molecule has 0 spiro atoms. The summed E-state index contributed by atoms with van der Waals surface area (Å²) in [6, 6.07) is 22.1. The van der Waals surface area contributed by atoms with Crippen molar-refractivity contribution in [2.45, 2.75) is 12.0 Å². The number of nitrogens with zero attached hydrogens (tertiary/aromatic N) is 3. The number of rotatable bonds is 4. The van der Waals surface area contributed by atoms with Gasteiger partial charge >= 0.3 is 0 Å². The Hall–Kier alpha value is -4.39. The Morgan fingerprint density at radius 3 is 2.25 bits per heavy atom. The SMILES string of the molecule is O=C1C(C2=C[C@@H](c3ccccc3)[C@H](c3ccccc3[N+](=O)[O-])N=N2)=C(O)c2ccccc21. The number of Topliss-reactive ketones (excluding diaryl/α,β-unsaturated/α-hetero) is 1. The number of hydrogen-bond donors (Lipinski definition) is 1. The monoisotopic (exact) mass is 423 g/mol. The highest BCUT2D eigenvalue weighted by atomic mass is 16.6. The van der Waals surface area contributed by atoms with E-state index in [2.05, 4.69) is 10.2 Å². The van der Waals surface area contributed by atoms with Crippen molar-refractivity contribution in [2.24, 2.45) is 10.2 Å². The number of fused-ring (bicyclic) bond motifs is 1. The fourth-order valence-corrected chi connectivity index (χ4v) is 4.24. The number of azo groups is 1. The van der Waals surface area contributed by atoms with Gasteiger partial charge in [0.15, 0.2) is 5.78 Å². The highest BCUT2D eigenvalue weighted by molar-refractivity contribution is 6.22. The van der Waals surface area contributed by atoms with E-state index in [-0.39, 0.29) is 28.5 Å². The smallest absolute Gasteiger partial charge is 0.274 e. The van der Waals surface area contributed by atoms with Crippen LogP contribution in [0, 0.1) is 10.1 Å². The van der Waals surface area contributed by atoms with Crippen LogP contribution in [0.5, 0.6) is 0 Å². The molecule has 0 amide bonds. The maximum absolute atomic E-state index is 13.0. The predicted octanol–water partition coefficient (Wildman–Crippen LogP) is 5.94. The predicted molar refractivity (Wildman–Crippen MR) is 118 cm³/mol. The van der Waals surface area contributed by atoms with Crippen molar-refractivity contribution in [3.05, 3.63) is 129 Å². The Bertz CT molecular complexity index is 1340. The second-order valence-electron chi connectivity index (χ2n) is 7.56. The largest absolute Gasteiger partial charge is 0.506 e. The lowest BCUT2D eigenvalue weighted by Gasteiger charge is -2.25. The van der Waals surface area contributed by atoms with Gasteiger partial charge in [-0.25, -0.2) is 0 Å². The zero-order chi connectivity index (χ0) is 22.2. The van der Waals surface area contributed by atoms with E-state index in [1.54, 1.807) is 48.5 Å². The van der Waals surface area contributed by atoms with Gasteiger partial charge in [-0.15, -0.1) is 0 Å². The second-order valence-corrected chi connectivity index (χ2v) is 7.56. The van der Waals surface area contributed by atoms with E-state index < -0.39 is 16.9 Å². The second kappa shape index (κ2) is 7.70. The van der Waals surface area contributed by atoms with Crippen LogP contribution in [0.4, 0.5) is 5.69 Å². The molecule has 0 aromatic heterocycles. The molecule has 0 fully saturated rings. The third-order valence-corrected chi connectivity index (χ3v) is 5.75. The summed E-state index contributed by atoms with van der Waals surface area (Å²) in [5.74, 6) is -0.868. The Balaban J connectivity index is 1.64. The van der Waals surface area contributed by atoms with Crippen LogP contribution in [0.15, 0.2) is 106 Å². The molecular weight excluding hydrogens is 406 g/mol. The van der Waals surface area contributed by atoms with Gasteiger partial charge in [0, 0.05) is 23.1 Å². The Morgan fingerprint density at radius 1 is 0.875 bits per heavy atom. The van der Waals surface area contributed by atoms with E-state index in [9.17, 15) is 20.0 Å². The summed E-state index contributed by atoms with van der Waals surface area (Å²) in [4.78, 5) is 24.2. The van der Waals surface area contributed by atoms with Crippen molar-refractivity contribution >= 4 is 17.2 Å². The minimum atomic E-state index is -0.649. The fraction of sp³-hybridized carbons (Fsp3) is 0.0800. The van der Waals surface area contributed by atoms with Crippen molar-refractivity contribution in [2.75, 3.05) is 0 Å². The minimum absolute atomic E-state index is 0.0411. The van der Waals surface area contributed by atoms with Gasteiger partial charge in [-0.05, 0) is 17.7 Å². The van der Waals surface area contributed by atoms with Gasteiger partial charge in [0.05, 0.1) is 21.8 Å². The van der Waals surface area contributed by atoms with Crippen LogP contribution >= 0.6 is 0 Å². The van der Waals surface area contributed by atoms with Gasteiger partial charge in [-0.3, -0.25) is 14.9 Å². The lowest BCUT2D eigenvalue weighted by atomic mass is 9.84. The van der Waals surface area contributed by atoms with E-state index in [1.165, 1.54) is 6.07 Å². The molecule has 3 aromatic carbocycles. The number of benzene rings is 3. The molecule has 0 saturated carbocycles. The van der Waals surface area contributed by atoms with Gasteiger partial charge in [-0.2, -0.15) is 10.2 Å². The van der Waals surface area contributed by atoms with Crippen LogP contribution in [0.1, 0.15) is 39.0 Å². The van der Waals surface area contributed by atoms with Crippen molar-refractivity contribution < 1.29 is 14.8 Å². The van der Waals surface area contributed by atoms with Gasteiger partial charge < -0.3 is 5.11 Å². The van der Waals surface area contributed by atoms with E-state index in [4.69, 9.17) is 0 Å². The zero-order valence-electron chi connectivity index (χ0n) is 16.8. The Labute approximate surface area is 183 Å².